The van der Waals surface area contributed by atoms with Crippen molar-refractivity contribution in [1.29, 1.82) is 0 Å². The van der Waals surface area contributed by atoms with E-state index in [1.807, 2.05) is 55.8 Å². The normalized spacial score (nSPS) is 23.4. The molecule has 9 heteroatoms. The van der Waals surface area contributed by atoms with E-state index < -0.39 is 23.7 Å². The summed E-state index contributed by atoms with van der Waals surface area (Å²) in [6.07, 6.45) is 1.89. The quantitative estimate of drug-likeness (QED) is 0.550. The maximum atomic E-state index is 13.7. The molecule has 0 saturated heterocycles. The molecule has 2 aliphatic rings. The van der Waals surface area contributed by atoms with Crippen LogP contribution in [0.15, 0.2) is 34.1 Å². The zero-order valence-corrected chi connectivity index (χ0v) is 20.1. The fourth-order valence-corrected chi connectivity index (χ4v) is 5.98. The summed E-state index contributed by atoms with van der Waals surface area (Å²) in [7, 11) is 0. The van der Waals surface area contributed by atoms with Crippen LogP contribution < -0.4 is 19.6 Å². The topological polar surface area (TPSA) is 87.7 Å². The van der Waals surface area contributed by atoms with E-state index in [9.17, 15) is 9.59 Å². The van der Waals surface area contributed by atoms with Crippen LogP contribution in [0.1, 0.15) is 49.3 Å². The van der Waals surface area contributed by atoms with E-state index in [1.54, 1.807) is 18.4 Å². The van der Waals surface area contributed by atoms with Gasteiger partial charge in [0.05, 0.1) is 22.9 Å². The molecule has 0 radical (unpaired) electrons. The number of rotatable bonds is 4. The van der Waals surface area contributed by atoms with Crippen LogP contribution in [0.2, 0.25) is 0 Å². The molecule has 0 saturated carbocycles. The highest BCUT2D eigenvalue weighted by Gasteiger charge is 2.55. The minimum atomic E-state index is -1.17. The molecule has 3 aromatic rings. The smallest absolute Gasteiger partial charge is 0.317 e. The lowest BCUT2D eigenvalue weighted by Crippen LogP contribution is -2.58. The van der Waals surface area contributed by atoms with Crippen molar-refractivity contribution in [2.45, 2.75) is 52.9 Å². The number of benzene rings is 1. The number of carbonyl (C=O) groups excluding carboxylic acids is 1. The van der Waals surface area contributed by atoms with E-state index >= 15 is 0 Å². The van der Waals surface area contributed by atoms with Crippen LogP contribution in [0.3, 0.4) is 0 Å². The van der Waals surface area contributed by atoms with E-state index in [0.717, 1.165) is 29.1 Å². The van der Waals surface area contributed by atoms with E-state index in [0.29, 0.717) is 15.1 Å². The highest BCUT2D eigenvalue weighted by atomic mass is 32.1. The Kier molecular flexibility index (Phi) is 5.04. The molecule has 2 bridgehead atoms. The van der Waals surface area contributed by atoms with Crippen LogP contribution in [0.25, 0.3) is 6.08 Å². The summed E-state index contributed by atoms with van der Waals surface area (Å²) in [6, 6.07) is 6.94. The molecular weight excluding hydrogens is 440 g/mol. The average molecular weight is 467 g/mol. The van der Waals surface area contributed by atoms with E-state index in [1.165, 1.54) is 11.3 Å². The summed E-state index contributed by atoms with van der Waals surface area (Å²) in [4.78, 5) is 32.1. The Morgan fingerprint density at radius 1 is 1.30 bits per heavy atom. The summed E-state index contributed by atoms with van der Waals surface area (Å²) in [5.74, 6) is -0.570. The predicted octanol–water partition coefficient (Wildman–Crippen LogP) is 2.08. The number of hydrogen-bond acceptors (Lipinski definition) is 7. The highest BCUT2D eigenvalue weighted by Crippen LogP contribution is 2.47. The van der Waals surface area contributed by atoms with Crippen molar-refractivity contribution in [3.63, 3.8) is 0 Å². The lowest BCUT2D eigenvalue weighted by Gasteiger charge is -2.44. The van der Waals surface area contributed by atoms with Gasteiger partial charge in [-0.25, -0.2) is 4.99 Å². The number of aromatic nitrogens is 3. The maximum absolute atomic E-state index is 13.7. The largest absolute Gasteiger partial charge is 0.466 e. The molecule has 2 aromatic heterocycles. The molecule has 0 amide bonds. The lowest BCUT2D eigenvalue weighted by atomic mass is 9.81. The van der Waals surface area contributed by atoms with Gasteiger partial charge >= 0.3 is 5.97 Å². The number of nitrogens with zero attached hydrogens (tertiary/aromatic N) is 4. The fourth-order valence-electron chi connectivity index (χ4n) is 4.90. The minimum Gasteiger partial charge on any atom is -0.466 e. The van der Waals surface area contributed by atoms with Crippen molar-refractivity contribution in [2.75, 3.05) is 6.61 Å². The van der Waals surface area contributed by atoms with Crippen LogP contribution in [-0.4, -0.2) is 32.6 Å². The van der Waals surface area contributed by atoms with Gasteiger partial charge in [0.1, 0.15) is 11.7 Å². The van der Waals surface area contributed by atoms with E-state index in [2.05, 4.69) is 5.10 Å². The van der Waals surface area contributed by atoms with Crippen molar-refractivity contribution in [1.82, 2.24) is 14.3 Å². The first-order chi connectivity index (χ1) is 15.8. The van der Waals surface area contributed by atoms with Crippen LogP contribution >= 0.6 is 11.3 Å². The first-order valence-electron chi connectivity index (χ1n) is 11.1. The summed E-state index contributed by atoms with van der Waals surface area (Å²) in [5, 5.41) is 4.56. The third-order valence-electron chi connectivity index (χ3n) is 6.43. The molecule has 3 atom stereocenters. The molecule has 0 N–H and O–H groups in total. The van der Waals surface area contributed by atoms with E-state index in [-0.39, 0.29) is 12.2 Å². The van der Waals surface area contributed by atoms with Crippen molar-refractivity contribution in [3.8, 4) is 5.75 Å². The number of para-hydroxylation sites is 1. The third kappa shape index (κ3) is 3.17. The van der Waals surface area contributed by atoms with E-state index in [4.69, 9.17) is 14.5 Å². The first kappa shape index (κ1) is 21.6. The molecule has 0 unspecified atom stereocenters. The Morgan fingerprint density at radius 3 is 2.76 bits per heavy atom. The molecule has 2 aliphatic heterocycles. The molecular formula is C24H26N4O4S. The van der Waals surface area contributed by atoms with Gasteiger partial charge < -0.3 is 9.47 Å². The van der Waals surface area contributed by atoms with Crippen LogP contribution in [-0.2, 0) is 16.1 Å². The van der Waals surface area contributed by atoms with Crippen molar-refractivity contribution < 1.29 is 14.3 Å². The second-order valence-corrected chi connectivity index (χ2v) is 9.46. The average Bonchev–Trinajstić information content (AvgIpc) is 3.22. The van der Waals surface area contributed by atoms with Gasteiger partial charge in [0, 0.05) is 23.4 Å². The Hall–Kier alpha value is -3.20. The van der Waals surface area contributed by atoms with Crippen LogP contribution in [0.5, 0.6) is 5.75 Å². The predicted molar refractivity (Wildman–Crippen MR) is 124 cm³/mol. The molecule has 0 aliphatic carbocycles. The number of ether oxygens (including phenoxy) is 2. The summed E-state index contributed by atoms with van der Waals surface area (Å²) in [6.45, 7) is 10.5. The summed E-state index contributed by atoms with van der Waals surface area (Å²) >= 11 is 1.31. The Balaban J connectivity index is 1.78. The second-order valence-electron chi connectivity index (χ2n) is 8.45. The zero-order valence-electron chi connectivity index (χ0n) is 19.3. The fraction of sp³-hybridized carbons (Fsp3) is 0.417. The molecule has 0 fully saturated rings. The first-order valence-corrected chi connectivity index (χ1v) is 11.9. The van der Waals surface area contributed by atoms with Gasteiger partial charge in [-0.05, 0) is 46.8 Å². The Morgan fingerprint density at radius 2 is 2.06 bits per heavy atom. The van der Waals surface area contributed by atoms with Gasteiger partial charge in [-0.2, -0.15) is 5.10 Å². The monoisotopic (exact) mass is 466 g/mol. The van der Waals surface area contributed by atoms with Gasteiger partial charge in [0.2, 0.25) is 5.72 Å². The van der Waals surface area contributed by atoms with Crippen LogP contribution in [0.4, 0.5) is 0 Å². The lowest BCUT2D eigenvalue weighted by molar-refractivity contribution is -0.160. The molecule has 1 aromatic carbocycles. The summed E-state index contributed by atoms with van der Waals surface area (Å²) < 4.78 is 15.7. The molecule has 172 valence electrons. The van der Waals surface area contributed by atoms with Crippen molar-refractivity contribution in [2.24, 2.45) is 10.9 Å². The van der Waals surface area contributed by atoms with Crippen molar-refractivity contribution >= 4 is 23.4 Å². The van der Waals surface area contributed by atoms with Gasteiger partial charge in [-0.1, -0.05) is 29.5 Å². The number of aryl methyl sites for hydroxylation is 2. The number of hydrogen-bond donors (Lipinski definition) is 0. The van der Waals surface area contributed by atoms with Gasteiger partial charge in [0.15, 0.2) is 4.80 Å². The highest BCUT2D eigenvalue weighted by molar-refractivity contribution is 7.07. The number of fused-ring (bicyclic) bond motifs is 6. The Labute approximate surface area is 194 Å². The number of carbonyl (C=O) groups is 1. The Bertz CT molecular complexity index is 1450. The maximum Gasteiger partial charge on any atom is 0.317 e. The minimum absolute atomic E-state index is 0.181. The number of thiazole rings is 1. The number of esters is 1. The molecule has 33 heavy (non-hydrogen) atoms. The van der Waals surface area contributed by atoms with Crippen LogP contribution in [0, 0.1) is 19.8 Å². The molecule has 8 nitrogen and oxygen atoms in total. The standard InChI is InChI=1S/C24H26N4O4S/c1-6-27-14(4)16(13(3)26-27)12-18-21(29)28-20-15-10-8-9-11-17(15)32-24(5,25-23(28)33-18)19(20)22(30)31-7-2/h8-12,19-20H,6-7H2,1-5H3/b18-12+/t19-,20+,24+/m1/s1. The van der Waals surface area contributed by atoms with Crippen molar-refractivity contribution in [3.05, 3.63) is 66.5 Å². The van der Waals surface area contributed by atoms with Gasteiger partial charge in [-0.3, -0.25) is 18.8 Å². The van der Waals surface area contributed by atoms with Gasteiger partial charge in [0.25, 0.3) is 5.56 Å². The molecule has 5 rings (SSSR count). The van der Waals surface area contributed by atoms with Gasteiger partial charge in [-0.15, -0.1) is 0 Å². The zero-order chi connectivity index (χ0) is 23.5. The SMILES string of the molecule is CCOC(=O)[C@H]1[C@@H]2c3ccccc3O[C@]1(C)N=c1s/c(=C/c3c(C)nn(CC)c3C)c(=O)n12. The molecule has 4 heterocycles. The third-order valence-corrected chi connectivity index (χ3v) is 7.42. The molecule has 0 spiro atoms. The second kappa shape index (κ2) is 7.69. The summed E-state index contributed by atoms with van der Waals surface area (Å²) in [5.41, 5.74) is 2.23.